The van der Waals surface area contributed by atoms with E-state index in [0.29, 0.717) is 0 Å². The first kappa shape index (κ1) is 11.2. The average Bonchev–Trinajstić information content (AvgIpc) is 1.72. The van der Waals surface area contributed by atoms with Crippen molar-refractivity contribution in [3.8, 4) is 0 Å². The molecule has 5 heteroatoms. The fourth-order valence-corrected chi connectivity index (χ4v) is 0.750. The molecule has 3 nitrogen and oxygen atoms in total. The third kappa shape index (κ3) is 4.54. The van der Waals surface area contributed by atoms with Gasteiger partial charge in [0.25, 0.3) is 0 Å². The lowest BCUT2D eigenvalue weighted by atomic mass is 11.8. The quantitative estimate of drug-likeness (QED) is 0.553. The summed E-state index contributed by atoms with van der Waals surface area (Å²) in [6, 6.07) is 0. The Balaban J connectivity index is 0. The Morgan fingerprint density at radius 1 is 0.875 bits per heavy atom. The van der Waals surface area contributed by atoms with Crippen LogP contribution in [-0.4, -0.2) is 30.9 Å². The van der Waals surface area contributed by atoms with Crippen molar-refractivity contribution in [3.63, 3.8) is 0 Å². The predicted molar refractivity (Wildman–Crippen MR) is 34.0 cm³/mol. The van der Waals surface area contributed by atoms with Gasteiger partial charge in [0.05, 0.1) is 0 Å². The highest BCUT2D eigenvalue weighted by Gasteiger charge is 2.09. The normalized spacial score (nSPS) is 9.00. The molecule has 0 rings (SSSR count). The van der Waals surface area contributed by atoms with Gasteiger partial charge in [-0.15, -0.1) is 12.4 Å². The Kier molecular flexibility index (Phi) is 10.4. The zero-order chi connectivity index (χ0) is 5.70. The predicted octanol–water partition coefficient (Wildman–Crippen LogP) is 0.332. The Morgan fingerprint density at radius 2 is 1.12 bits per heavy atom. The third-order valence-electron chi connectivity index (χ3n) is 0.500. The van der Waals surface area contributed by atoms with Crippen LogP contribution in [0, 0.1) is 0 Å². The maximum Gasteiger partial charge on any atom is 0.576 e. The van der Waals surface area contributed by atoms with E-state index in [-0.39, 0.29) is 12.4 Å². The van der Waals surface area contributed by atoms with Gasteiger partial charge in [-0.2, -0.15) is 0 Å². The summed E-state index contributed by atoms with van der Waals surface area (Å²) in [5.74, 6) is 0. The van der Waals surface area contributed by atoms with Crippen LogP contribution in [0.3, 0.4) is 0 Å². The van der Waals surface area contributed by atoms with E-state index in [0.717, 1.165) is 0 Å². The molecule has 1 radical (unpaired) electrons. The van der Waals surface area contributed by atoms with Crippen LogP contribution in [0.2, 0.25) is 0 Å². The van der Waals surface area contributed by atoms with Crippen molar-refractivity contribution in [2.75, 3.05) is 21.3 Å². The van der Waals surface area contributed by atoms with E-state index in [9.17, 15) is 0 Å². The molecule has 0 aromatic heterocycles. The van der Waals surface area contributed by atoms with Gasteiger partial charge in [-0.1, -0.05) is 0 Å². The molecule has 0 saturated carbocycles. The van der Waals surface area contributed by atoms with E-state index >= 15 is 0 Å². The summed E-state index contributed by atoms with van der Waals surface area (Å²) in [6.07, 6.45) is 0. The first-order valence-corrected chi connectivity index (χ1v) is 3.06. The number of rotatable bonds is 3. The first-order valence-electron chi connectivity index (χ1n) is 1.84. The van der Waals surface area contributed by atoms with Gasteiger partial charge >= 0.3 is 9.53 Å². The van der Waals surface area contributed by atoms with E-state index in [1.165, 1.54) is 0 Å². The Bertz CT molecular complexity index is 36.0. The molecule has 0 heterocycles. The van der Waals surface area contributed by atoms with Crippen LogP contribution >= 0.6 is 12.4 Å². The van der Waals surface area contributed by atoms with E-state index in [1.807, 2.05) is 0 Å². The molecule has 0 saturated heterocycles. The van der Waals surface area contributed by atoms with E-state index in [2.05, 4.69) is 0 Å². The lowest BCUT2D eigenvalue weighted by molar-refractivity contribution is 0.163. The monoisotopic (exact) mass is 157 g/mol. The van der Waals surface area contributed by atoms with E-state index < -0.39 is 9.53 Å². The van der Waals surface area contributed by atoms with Crippen molar-refractivity contribution in [2.24, 2.45) is 0 Å². The summed E-state index contributed by atoms with van der Waals surface area (Å²) in [4.78, 5) is 0. The molecular formula is C3H10ClO3Si. The zero-order valence-electron chi connectivity index (χ0n) is 5.13. The van der Waals surface area contributed by atoms with Gasteiger partial charge in [-0.05, 0) is 0 Å². The maximum atomic E-state index is 4.71. The van der Waals surface area contributed by atoms with Crippen molar-refractivity contribution in [1.82, 2.24) is 0 Å². The van der Waals surface area contributed by atoms with Crippen molar-refractivity contribution < 1.29 is 13.3 Å². The van der Waals surface area contributed by atoms with Crippen LogP contribution in [0.1, 0.15) is 0 Å². The molecule has 0 atom stereocenters. The molecule has 0 aromatic carbocycles. The third-order valence-corrected chi connectivity index (χ3v) is 1.50. The second kappa shape index (κ2) is 7.39. The molecular weight excluding hydrogens is 148 g/mol. The fraction of sp³-hybridized carbons (Fsp3) is 1.00. The lowest BCUT2D eigenvalue weighted by Gasteiger charge is -2.02. The van der Waals surface area contributed by atoms with Crippen LogP contribution in [0.25, 0.3) is 0 Å². The van der Waals surface area contributed by atoms with E-state index in [1.54, 1.807) is 21.3 Å². The molecule has 0 amide bonds. The van der Waals surface area contributed by atoms with Gasteiger partial charge in [0.1, 0.15) is 0 Å². The van der Waals surface area contributed by atoms with Crippen molar-refractivity contribution in [2.45, 2.75) is 0 Å². The molecule has 0 N–H and O–H groups in total. The molecule has 0 spiro atoms. The SMILES string of the molecule is CO[Si](OC)OC.Cl. The first-order chi connectivity index (χ1) is 3.35. The van der Waals surface area contributed by atoms with Gasteiger partial charge < -0.3 is 13.3 Å². The summed E-state index contributed by atoms with van der Waals surface area (Å²) in [7, 11) is 3.31. The van der Waals surface area contributed by atoms with Crippen LogP contribution in [0.15, 0.2) is 0 Å². The van der Waals surface area contributed by atoms with E-state index in [4.69, 9.17) is 13.3 Å². The molecule has 0 aromatic rings. The van der Waals surface area contributed by atoms with Crippen LogP contribution in [-0.2, 0) is 13.3 Å². The minimum Gasteiger partial charge on any atom is -0.375 e. The highest BCUT2D eigenvalue weighted by atomic mass is 35.5. The Labute approximate surface area is 57.3 Å². The molecule has 0 aliphatic rings. The largest absolute Gasteiger partial charge is 0.576 e. The van der Waals surface area contributed by atoms with Crippen molar-refractivity contribution >= 4 is 21.9 Å². The smallest absolute Gasteiger partial charge is 0.375 e. The molecule has 0 fully saturated rings. The van der Waals surface area contributed by atoms with Crippen LogP contribution in [0.4, 0.5) is 0 Å². The zero-order valence-corrected chi connectivity index (χ0v) is 6.95. The standard InChI is InChI=1S/C3H9O3Si.ClH/c1-4-7(5-2)6-3;/h1-3H3;1H. The highest BCUT2D eigenvalue weighted by molar-refractivity contribution is 6.36. The fourth-order valence-electron chi connectivity index (χ4n) is 0.250. The molecule has 0 unspecified atom stereocenters. The summed E-state index contributed by atoms with van der Waals surface area (Å²) < 4.78 is 14.1. The molecule has 0 bridgehead atoms. The van der Waals surface area contributed by atoms with Crippen molar-refractivity contribution in [3.05, 3.63) is 0 Å². The van der Waals surface area contributed by atoms with Gasteiger partial charge in [0, 0.05) is 21.3 Å². The second-order valence-corrected chi connectivity index (χ2v) is 2.59. The molecule has 0 aliphatic carbocycles. The highest BCUT2D eigenvalue weighted by Crippen LogP contribution is 1.81. The summed E-state index contributed by atoms with van der Waals surface area (Å²) in [6.45, 7) is 0. The average molecular weight is 158 g/mol. The minimum absolute atomic E-state index is 0. The second-order valence-electron chi connectivity index (χ2n) is 0.862. The lowest BCUT2D eigenvalue weighted by Crippen LogP contribution is -2.21. The van der Waals surface area contributed by atoms with Gasteiger partial charge in [-0.25, -0.2) is 0 Å². The number of hydrogen-bond acceptors (Lipinski definition) is 3. The van der Waals surface area contributed by atoms with Gasteiger partial charge in [-0.3, -0.25) is 0 Å². The Hall–Kier alpha value is 0.387. The number of hydrogen-bond donors (Lipinski definition) is 0. The summed E-state index contributed by atoms with van der Waals surface area (Å²) in [5, 5.41) is 0. The van der Waals surface area contributed by atoms with Gasteiger partial charge in [0.15, 0.2) is 0 Å². The topological polar surface area (TPSA) is 27.7 Å². The minimum atomic E-state index is -1.36. The number of halogens is 1. The Morgan fingerprint density at radius 3 is 1.12 bits per heavy atom. The molecule has 8 heavy (non-hydrogen) atoms. The van der Waals surface area contributed by atoms with Gasteiger partial charge in [0.2, 0.25) is 0 Å². The summed E-state index contributed by atoms with van der Waals surface area (Å²) in [5.41, 5.74) is 0. The van der Waals surface area contributed by atoms with Crippen LogP contribution < -0.4 is 0 Å². The maximum absolute atomic E-state index is 4.71. The molecule has 51 valence electrons. The molecule has 0 aliphatic heterocycles. The van der Waals surface area contributed by atoms with Crippen molar-refractivity contribution in [1.29, 1.82) is 0 Å². The van der Waals surface area contributed by atoms with Crippen LogP contribution in [0.5, 0.6) is 0 Å². The summed E-state index contributed by atoms with van der Waals surface area (Å²) >= 11 is 0.